The van der Waals surface area contributed by atoms with Gasteiger partial charge < -0.3 is 10.1 Å². The van der Waals surface area contributed by atoms with E-state index in [0.717, 1.165) is 11.1 Å². The number of amides is 3. The molecular formula is C23H20ClN3O4. The first-order valence-corrected chi connectivity index (χ1v) is 9.79. The van der Waals surface area contributed by atoms with E-state index in [9.17, 15) is 14.4 Å². The molecule has 7 nitrogen and oxygen atoms in total. The molecule has 8 heteroatoms. The Kier molecular flexibility index (Phi) is 7.61. The van der Waals surface area contributed by atoms with Gasteiger partial charge in [-0.2, -0.15) is 0 Å². The van der Waals surface area contributed by atoms with E-state index in [2.05, 4.69) is 16.2 Å². The van der Waals surface area contributed by atoms with Crippen LogP contribution in [0, 0.1) is 0 Å². The van der Waals surface area contributed by atoms with Crippen molar-refractivity contribution < 1.29 is 19.1 Å². The first kappa shape index (κ1) is 21.9. The number of halogens is 1. The Labute approximate surface area is 184 Å². The van der Waals surface area contributed by atoms with Gasteiger partial charge in [-0.1, -0.05) is 66.2 Å². The number of benzene rings is 3. The summed E-state index contributed by atoms with van der Waals surface area (Å²) in [7, 11) is 0. The molecule has 0 aliphatic heterocycles. The first-order valence-electron chi connectivity index (χ1n) is 9.41. The number of rotatable bonds is 7. The number of hydrogen-bond donors (Lipinski definition) is 3. The van der Waals surface area contributed by atoms with Crippen molar-refractivity contribution >= 4 is 29.3 Å². The van der Waals surface area contributed by atoms with Crippen molar-refractivity contribution in [1.29, 1.82) is 0 Å². The summed E-state index contributed by atoms with van der Waals surface area (Å²) in [5, 5.41) is 2.87. The van der Waals surface area contributed by atoms with Crippen molar-refractivity contribution in [3.8, 4) is 16.9 Å². The molecule has 0 radical (unpaired) electrons. The lowest BCUT2D eigenvalue weighted by Crippen LogP contribution is -2.47. The molecule has 0 unspecified atom stereocenters. The van der Waals surface area contributed by atoms with E-state index in [1.165, 1.54) is 0 Å². The molecule has 0 spiro atoms. The second-order valence-corrected chi connectivity index (χ2v) is 6.85. The van der Waals surface area contributed by atoms with Crippen LogP contribution < -0.4 is 20.9 Å². The van der Waals surface area contributed by atoms with Crippen molar-refractivity contribution in [2.45, 2.75) is 0 Å². The predicted octanol–water partition coefficient (Wildman–Crippen LogP) is 2.96. The fourth-order valence-corrected chi connectivity index (χ4v) is 2.82. The van der Waals surface area contributed by atoms with Crippen LogP contribution in [0.5, 0.6) is 5.75 Å². The van der Waals surface area contributed by atoms with Crippen LogP contribution in [-0.2, 0) is 9.59 Å². The zero-order chi connectivity index (χ0) is 22.1. The highest BCUT2D eigenvalue weighted by atomic mass is 35.5. The van der Waals surface area contributed by atoms with E-state index in [1.54, 1.807) is 36.4 Å². The Morgan fingerprint density at radius 3 is 2.06 bits per heavy atom. The van der Waals surface area contributed by atoms with Crippen LogP contribution in [0.1, 0.15) is 10.4 Å². The number of hydrogen-bond acceptors (Lipinski definition) is 4. The standard InChI is InChI=1S/C23H20ClN3O4/c24-19-8-4-5-9-20(19)31-15-22(29)27-26-21(28)14-25-23(30)18-12-10-17(11-13-18)16-6-2-1-3-7-16/h1-13H,14-15H2,(H,25,30)(H,26,28)(H,27,29). The second kappa shape index (κ2) is 10.8. The summed E-state index contributed by atoms with van der Waals surface area (Å²) < 4.78 is 5.26. The highest BCUT2D eigenvalue weighted by Crippen LogP contribution is 2.22. The quantitative estimate of drug-likeness (QED) is 0.495. The third-order valence-electron chi connectivity index (χ3n) is 4.20. The molecule has 3 rings (SSSR count). The summed E-state index contributed by atoms with van der Waals surface area (Å²) in [6, 6.07) is 23.5. The summed E-state index contributed by atoms with van der Waals surface area (Å²) in [5.74, 6) is -1.20. The van der Waals surface area contributed by atoms with Crippen LogP contribution in [0.2, 0.25) is 5.02 Å². The zero-order valence-corrected chi connectivity index (χ0v) is 17.2. The summed E-state index contributed by atoms with van der Waals surface area (Å²) in [5.41, 5.74) is 6.86. The Bertz CT molecular complexity index is 1060. The summed E-state index contributed by atoms with van der Waals surface area (Å²) in [6.07, 6.45) is 0. The molecule has 158 valence electrons. The van der Waals surface area contributed by atoms with Crippen molar-refractivity contribution in [2.75, 3.05) is 13.2 Å². The van der Waals surface area contributed by atoms with Gasteiger partial charge in [-0.25, -0.2) is 0 Å². The lowest BCUT2D eigenvalue weighted by atomic mass is 10.0. The van der Waals surface area contributed by atoms with Crippen LogP contribution in [0.3, 0.4) is 0 Å². The predicted molar refractivity (Wildman–Crippen MR) is 117 cm³/mol. The van der Waals surface area contributed by atoms with Crippen molar-refractivity contribution in [1.82, 2.24) is 16.2 Å². The maximum atomic E-state index is 12.2. The Morgan fingerprint density at radius 2 is 1.35 bits per heavy atom. The van der Waals surface area contributed by atoms with Gasteiger partial charge in [-0.15, -0.1) is 0 Å². The van der Waals surface area contributed by atoms with Gasteiger partial charge >= 0.3 is 0 Å². The van der Waals surface area contributed by atoms with Gasteiger partial charge in [0.25, 0.3) is 17.7 Å². The third kappa shape index (κ3) is 6.58. The van der Waals surface area contributed by atoms with Crippen LogP contribution in [0.15, 0.2) is 78.9 Å². The van der Waals surface area contributed by atoms with E-state index in [4.69, 9.17) is 16.3 Å². The molecule has 0 aliphatic carbocycles. The number of para-hydroxylation sites is 1. The van der Waals surface area contributed by atoms with Gasteiger partial charge in [0, 0.05) is 5.56 Å². The number of ether oxygens (including phenoxy) is 1. The van der Waals surface area contributed by atoms with E-state index < -0.39 is 17.7 Å². The Morgan fingerprint density at radius 1 is 0.742 bits per heavy atom. The van der Waals surface area contributed by atoms with Crippen molar-refractivity contribution in [2.24, 2.45) is 0 Å². The molecule has 0 aromatic heterocycles. The zero-order valence-electron chi connectivity index (χ0n) is 16.4. The molecule has 0 heterocycles. The smallest absolute Gasteiger partial charge is 0.276 e. The molecule has 0 aliphatic rings. The molecule has 3 aromatic carbocycles. The SMILES string of the molecule is O=C(CNC(=O)c1ccc(-c2ccccc2)cc1)NNC(=O)COc1ccccc1Cl. The topological polar surface area (TPSA) is 96.5 Å². The molecule has 3 amide bonds. The largest absolute Gasteiger partial charge is 0.482 e. The highest BCUT2D eigenvalue weighted by molar-refractivity contribution is 6.32. The van der Waals surface area contributed by atoms with E-state index in [0.29, 0.717) is 16.3 Å². The van der Waals surface area contributed by atoms with Crippen molar-refractivity contribution in [3.63, 3.8) is 0 Å². The maximum absolute atomic E-state index is 12.2. The minimum atomic E-state index is -0.583. The molecule has 0 saturated heterocycles. The summed E-state index contributed by atoms with van der Waals surface area (Å²) >= 11 is 5.93. The molecular weight excluding hydrogens is 418 g/mol. The average molecular weight is 438 g/mol. The minimum Gasteiger partial charge on any atom is -0.482 e. The fourth-order valence-electron chi connectivity index (χ4n) is 2.63. The molecule has 3 aromatic rings. The van der Waals surface area contributed by atoms with E-state index in [-0.39, 0.29) is 13.2 Å². The monoisotopic (exact) mass is 437 g/mol. The third-order valence-corrected chi connectivity index (χ3v) is 4.51. The van der Waals surface area contributed by atoms with Crippen LogP contribution in [-0.4, -0.2) is 30.9 Å². The average Bonchev–Trinajstić information content (AvgIpc) is 2.81. The Balaban J connectivity index is 1.39. The van der Waals surface area contributed by atoms with Crippen LogP contribution >= 0.6 is 11.6 Å². The van der Waals surface area contributed by atoms with Crippen LogP contribution in [0.25, 0.3) is 11.1 Å². The van der Waals surface area contributed by atoms with Crippen molar-refractivity contribution in [3.05, 3.63) is 89.4 Å². The second-order valence-electron chi connectivity index (χ2n) is 6.44. The van der Waals surface area contributed by atoms with E-state index >= 15 is 0 Å². The van der Waals surface area contributed by atoms with Gasteiger partial charge in [-0.3, -0.25) is 25.2 Å². The molecule has 0 saturated carbocycles. The van der Waals surface area contributed by atoms with Gasteiger partial charge in [-0.05, 0) is 35.4 Å². The maximum Gasteiger partial charge on any atom is 0.276 e. The summed E-state index contributed by atoms with van der Waals surface area (Å²) in [6.45, 7) is -0.630. The lowest BCUT2D eigenvalue weighted by molar-refractivity contribution is -0.129. The molecule has 0 fully saturated rings. The number of hydrazine groups is 1. The van der Waals surface area contributed by atoms with E-state index in [1.807, 2.05) is 42.5 Å². The number of carbonyl (C=O) groups excluding carboxylic acids is 3. The number of nitrogens with one attached hydrogen (secondary N) is 3. The number of carbonyl (C=O) groups is 3. The lowest BCUT2D eigenvalue weighted by Gasteiger charge is -2.10. The molecule has 0 atom stereocenters. The highest BCUT2D eigenvalue weighted by Gasteiger charge is 2.10. The van der Waals surface area contributed by atoms with Crippen LogP contribution in [0.4, 0.5) is 0 Å². The fraction of sp³-hybridized carbons (Fsp3) is 0.0870. The minimum absolute atomic E-state index is 0.301. The molecule has 3 N–H and O–H groups in total. The summed E-state index contributed by atoms with van der Waals surface area (Å²) in [4.78, 5) is 35.8. The first-order chi connectivity index (χ1) is 15.0. The van der Waals surface area contributed by atoms with Gasteiger partial charge in [0.2, 0.25) is 0 Å². The van der Waals surface area contributed by atoms with Gasteiger partial charge in [0.15, 0.2) is 6.61 Å². The van der Waals surface area contributed by atoms with Gasteiger partial charge in [0.05, 0.1) is 11.6 Å². The molecule has 0 bridgehead atoms. The molecule has 31 heavy (non-hydrogen) atoms. The van der Waals surface area contributed by atoms with Gasteiger partial charge in [0.1, 0.15) is 5.75 Å². The Hall–Kier alpha value is -3.84. The normalized spacial score (nSPS) is 10.1.